The lowest BCUT2D eigenvalue weighted by atomic mass is 9.99. The topological polar surface area (TPSA) is 46.2 Å². The first-order chi connectivity index (χ1) is 10.1. The second kappa shape index (κ2) is 5.35. The highest BCUT2D eigenvalue weighted by Gasteiger charge is 2.32. The third kappa shape index (κ3) is 2.58. The Morgan fingerprint density at radius 3 is 1.71 bits per heavy atom. The summed E-state index contributed by atoms with van der Waals surface area (Å²) in [5.41, 5.74) is 2.21. The lowest BCUT2D eigenvalue weighted by Crippen LogP contribution is -2.20. The molecule has 1 aliphatic rings. The summed E-state index contributed by atoms with van der Waals surface area (Å²) in [7, 11) is 0. The molecule has 1 N–H and O–H groups in total. The third-order valence-corrected chi connectivity index (χ3v) is 3.69. The maximum Gasteiger partial charge on any atom is 0.296 e. The number of carbonyl (C=O) groups is 2. The Morgan fingerprint density at radius 1 is 0.714 bits per heavy atom. The van der Waals surface area contributed by atoms with Crippen molar-refractivity contribution in [1.29, 1.82) is 0 Å². The van der Waals surface area contributed by atoms with Gasteiger partial charge in [-0.3, -0.25) is 9.59 Å². The molecule has 0 spiro atoms. The van der Waals surface area contributed by atoms with E-state index in [1.54, 1.807) is 48.5 Å². The molecule has 0 unspecified atom stereocenters. The van der Waals surface area contributed by atoms with Crippen molar-refractivity contribution < 1.29 is 9.59 Å². The van der Waals surface area contributed by atoms with Gasteiger partial charge in [0, 0.05) is 10.0 Å². The van der Waals surface area contributed by atoms with Gasteiger partial charge in [0.1, 0.15) is 0 Å². The van der Waals surface area contributed by atoms with Crippen LogP contribution in [0.4, 0.5) is 0 Å². The monoisotopic (exact) mass is 317 g/mol. The molecule has 2 aromatic carbocycles. The van der Waals surface area contributed by atoms with Crippen molar-refractivity contribution in [3.63, 3.8) is 0 Å². The van der Waals surface area contributed by atoms with E-state index in [1.165, 1.54) is 0 Å². The first-order valence-electron chi connectivity index (χ1n) is 6.18. The van der Waals surface area contributed by atoms with Gasteiger partial charge in [0.15, 0.2) is 0 Å². The molecule has 1 heterocycles. The summed E-state index contributed by atoms with van der Waals surface area (Å²) in [5.74, 6) is -1.19. The Hall–Kier alpha value is -2.10. The van der Waals surface area contributed by atoms with Crippen LogP contribution in [0.5, 0.6) is 0 Å². The smallest absolute Gasteiger partial charge is 0.296 e. The van der Waals surface area contributed by atoms with Crippen LogP contribution in [0.15, 0.2) is 48.5 Å². The maximum atomic E-state index is 12.1. The molecule has 0 aliphatic carbocycles. The Morgan fingerprint density at radius 2 is 1.19 bits per heavy atom. The lowest BCUT2D eigenvalue weighted by Gasteiger charge is -2.06. The number of benzene rings is 2. The van der Waals surface area contributed by atoms with E-state index in [2.05, 4.69) is 5.32 Å². The Bertz CT molecular complexity index is 762. The normalized spacial score (nSPS) is 14.6. The molecule has 21 heavy (non-hydrogen) atoms. The summed E-state index contributed by atoms with van der Waals surface area (Å²) in [4.78, 5) is 23.8. The van der Waals surface area contributed by atoms with Crippen LogP contribution in [0.3, 0.4) is 0 Å². The molecule has 0 radical (unpaired) electrons. The number of ketones is 1. The molecular weight excluding hydrogens is 309 g/mol. The molecule has 0 fully saturated rings. The third-order valence-electron chi connectivity index (χ3n) is 3.19. The fraction of sp³-hybridized carbons (Fsp3) is 0. The van der Waals surface area contributed by atoms with E-state index in [0.717, 1.165) is 5.56 Å². The van der Waals surface area contributed by atoms with Gasteiger partial charge in [0.05, 0.1) is 11.3 Å². The van der Waals surface area contributed by atoms with Crippen LogP contribution in [0.1, 0.15) is 11.1 Å². The van der Waals surface area contributed by atoms with Crippen molar-refractivity contribution in [2.45, 2.75) is 0 Å². The zero-order valence-electron chi connectivity index (χ0n) is 10.7. The van der Waals surface area contributed by atoms with Gasteiger partial charge in [0.2, 0.25) is 0 Å². The van der Waals surface area contributed by atoms with Crippen molar-refractivity contribution >= 4 is 46.2 Å². The van der Waals surface area contributed by atoms with Crippen molar-refractivity contribution in [1.82, 2.24) is 5.32 Å². The maximum absolute atomic E-state index is 12.1. The fourth-order valence-electron chi connectivity index (χ4n) is 2.18. The van der Waals surface area contributed by atoms with Crippen molar-refractivity contribution in [2.24, 2.45) is 0 Å². The summed E-state index contributed by atoms with van der Waals surface area (Å²) in [5, 5.41) is 3.77. The number of rotatable bonds is 2. The predicted octanol–water partition coefficient (Wildman–Crippen LogP) is 3.56. The summed E-state index contributed by atoms with van der Waals surface area (Å²) < 4.78 is 0. The van der Waals surface area contributed by atoms with Crippen molar-refractivity contribution in [3.05, 3.63) is 69.7 Å². The molecule has 3 rings (SSSR count). The Labute approximate surface area is 131 Å². The second-order valence-corrected chi connectivity index (χ2v) is 5.42. The van der Waals surface area contributed by atoms with Crippen LogP contribution >= 0.6 is 23.2 Å². The molecule has 0 bridgehead atoms. The lowest BCUT2D eigenvalue weighted by molar-refractivity contribution is -0.133. The van der Waals surface area contributed by atoms with E-state index in [4.69, 9.17) is 23.2 Å². The largest absolute Gasteiger partial charge is 0.318 e. The minimum atomic E-state index is -0.634. The fourth-order valence-corrected chi connectivity index (χ4v) is 2.44. The van der Waals surface area contributed by atoms with Crippen LogP contribution in [0.25, 0.3) is 11.3 Å². The molecular formula is C16H9Cl2NO2. The Balaban J connectivity index is 2.16. The Kier molecular flexibility index (Phi) is 3.53. The van der Waals surface area contributed by atoms with E-state index in [1.807, 2.05) is 0 Å². The first-order valence-corrected chi connectivity index (χ1v) is 6.93. The number of amides is 1. The van der Waals surface area contributed by atoms with Gasteiger partial charge in [-0.1, -0.05) is 47.5 Å². The van der Waals surface area contributed by atoms with Crippen LogP contribution < -0.4 is 5.32 Å². The minimum absolute atomic E-state index is 0.346. The summed E-state index contributed by atoms with van der Waals surface area (Å²) in [6.07, 6.45) is 0. The van der Waals surface area contributed by atoms with E-state index in [-0.39, 0.29) is 0 Å². The number of hydrogen-bond donors (Lipinski definition) is 1. The average molecular weight is 318 g/mol. The van der Waals surface area contributed by atoms with Crippen molar-refractivity contribution in [3.8, 4) is 0 Å². The van der Waals surface area contributed by atoms with Gasteiger partial charge >= 0.3 is 0 Å². The molecule has 2 aromatic rings. The second-order valence-electron chi connectivity index (χ2n) is 4.55. The van der Waals surface area contributed by atoms with E-state index >= 15 is 0 Å². The van der Waals surface area contributed by atoms with Gasteiger partial charge in [-0.2, -0.15) is 0 Å². The summed E-state index contributed by atoms with van der Waals surface area (Å²) >= 11 is 11.7. The molecule has 0 aromatic heterocycles. The van der Waals surface area contributed by atoms with Gasteiger partial charge in [-0.15, -0.1) is 0 Å². The van der Waals surface area contributed by atoms with Crippen LogP contribution in [-0.2, 0) is 9.59 Å². The van der Waals surface area contributed by atoms with E-state index < -0.39 is 11.7 Å². The quantitative estimate of drug-likeness (QED) is 0.861. The zero-order valence-corrected chi connectivity index (χ0v) is 12.2. The SMILES string of the molecule is O=C1NC(c2ccc(Cl)cc2)=C(c2ccc(Cl)cc2)C1=O. The van der Waals surface area contributed by atoms with Gasteiger partial charge in [-0.25, -0.2) is 0 Å². The minimum Gasteiger partial charge on any atom is -0.318 e. The van der Waals surface area contributed by atoms with Gasteiger partial charge in [0.25, 0.3) is 11.7 Å². The molecule has 1 aliphatic heterocycles. The number of halogens is 2. The highest BCUT2D eigenvalue weighted by atomic mass is 35.5. The molecule has 3 nitrogen and oxygen atoms in total. The molecule has 5 heteroatoms. The molecule has 104 valence electrons. The summed E-state index contributed by atoms with van der Waals surface area (Å²) in [6.45, 7) is 0. The van der Waals surface area contributed by atoms with Crippen LogP contribution in [0.2, 0.25) is 10.0 Å². The molecule has 0 saturated heterocycles. The number of nitrogens with one attached hydrogen (secondary N) is 1. The van der Waals surface area contributed by atoms with Crippen LogP contribution in [0, 0.1) is 0 Å². The molecule has 1 amide bonds. The molecule has 0 atom stereocenters. The number of Topliss-reactive ketones (excluding diaryl/α,β-unsaturated/α-hetero) is 1. The number of hydrogen-bond acceptors (Lipinski definition) is 2. The van der Waals surface area contributed by atoms with Gasteiger partial charge in [-0.05, 0) is 35.4 Å². The van der Waals surface area contributed by atoms with Crippen molar-refractivity contribution in [2.75, 3.05) is 0 Å². The average Bonchev–Trinajstić information content (AvgIpc) is 2.77. The van der Waals surface area contributed by atoms with Crippen LogP contribution in [-0.4, -0.2) is 11.7 Å². The van der Waals surface area contributed by atoms with Gasteiger partial charge < -0.3 is 5.32 Å². The predicted molar refractivity (Wildman–Crippen MR) is 82.9 cm³/mol. The molecule has 0 saturated carbocycles. The van der Waals surface area contributed by atoms with E-state index in [0.29, 0.717) is 26.9 Å². The number of carbonyl (C=O) groups excluding carboxylic acids is 2. The highest BCUT2D eigenvalue weighted by molar-refractivity contribution is 6.60. The van der Waals surface area contributed by atoms with E-state index in [9.17, 15) is 9.59 Å². The summed E-state index contributed by atoms with van der Waals surface area (Å²) in [6, 6.07) is 13.7. The first kappa shape index (κ1) is 13.9. The zero-order chi connectivity index (χ0) is 15.0. The highest BCUT2D eigenvalue weighted by Crippen LogP contribution is 2.30. The standard InChI is InChI=1S/C16H9Cl2NO2/c17-11-5-1-9(2-6-11)13-14(19-16(21)15(13)20)10-3-7-12(18)8-4-10/h1-8H,(H,19,20,21).